The lowest BCUT2D eigenvalue weighted by Gasteiger charge is -2.39. The van der Waals surface area contributed by atoms with Crippen molar-refractivity contribution < 1.29 is 24.2 Å². The minimum Gasteiger partial charge on any atom is -0.466 e. The van der Waals surface area contributed by atoms with Crippen LogP contribution in [-0.4, -0.2) is 74.5 Å². The van der Waals surface area contributed by atoms with Gasteiger partial charge in [0.2, 0.25) is 11.8 Å². The lowest BCUT2D eigenvalue weighted by molar-refractivity contribution is -0.155. The van der Waals surface area contributed by atoms with Gasteiger partial charge < -0.3 is 19.6 Å². The number of thioether (sulfide) groups is 1. The Balaban J connectivity index is 1.84. The van der Waals surface area contributed by atoms with Crippen molar-refractivity contribution in [1.82, 2.24) is 9.80 Å². The van der Waals surface area contributed by atoms with E-state index in [0.29, 0.717) is 19.5 Å². The van der Waals surface area contributed by atoms with Crippen molar-refractivity contribution >= 4 is 29.5 Å². The van der Waals surface area contributed by atoms with Crippen molar-refractivity contribution in [3.8, 4) is 0 Å². The molecule has 1 N–H and O–H groups in total. The second-order valence-electron chi connectivity index (χ2n) is 10.3. The Bertz CT molecular complexity index is 1000. The molecule has 4 rings (SSSR count). The van der Waals surface area contributed by atoms with Gasteiger partial charge in [0.1, 0.15) is 6.04 Å². The van der Waals surface area contributed by atoms with Crippen LogP contribution in [0, 0.1) is 11.8 Å². The van der Waals surface area contributed by atoms with Gasteiger partial charge in [0, 0.05) is 17.8 Å². The lowest BCUT2D eigenvalue weighted by Crippen LogP contribution is -2.55. The number of ether oxygens (including phenoxy) is 1. The predicted octanol–water partition coefficient (Wildman–Crippen LogP) is 3.58. The first kappa shape index (κ1) is 26.7. The van der Waals surface area contributed by atoms with E-state index in [9.17, 15) is 19.5 Å². The molecule has 8 heteroatoms. The third-order valence-electron chi connectivity index (χ3n) is 8.12. The van der Waals surface area contributed by atoms with Crippen molar-refractivity contribution in [2.45, 2.75) is 68.0 Å². The molecule has 1 spiro atoms. The first-order valence-electron chi connectivity index (χ1n) is 13.0. The Hall–Kier alpha value is -2.32. The Kier molecular flexibility index (Phi) is 7.86. The van der Waals surface area contributed by atoms with E-state index in [1.54, 1.807) is 34.6 Å². The first-order valence-corrected chi connectivity index (χ1v) is 13.9. The monoisotopic (exact) mass is 514 g/mol. The topological polar surface area (TPSA) is 87.2 Å². The molecule has 1 aromatic rings. The highest BCUT2D eigenvalue weighted by molar-refractivity contribution is 8.02. The van der Waals surface area contributed by atoms with Gasteiger partial charge in [0.15, 0.2) is 0 Å². The second-order valence-corrected chi connectivity index (χ2v) is 12.2. The van der Waals surface area contributed by atoms with Gasteiger partial charge in [-0.1, -0.05) is 49.8 Å². The molecule has 2 unspecified atom stereocenters. The van der Waals surface area contributed by atoms with E-state index in [2.05, 4.69) is 13.5 Å². The van der Waals surface area contributed by atoms with Crippen LogP contribution in [0.15, 0.2) is 43.0 Å². The van der Waals surface area contributed by atoms with Crippen molar-refractivity contribution in [2.24, 2.45) is 11.8 Å². The minimum absolute atomic E-state index is 0.130. The number of esters is 1. The summed E-state index contributed by atoms with van der Waals surface area (Å²) in [7, 11) is 0. The molecule has 3 aliphatic rings. The van der Waals surface area contributed by atoms with Gasteiger partial charge in [-0.25, -0.2) is 0 Å². The zero-order valence-electron chi connectivity index (χ0n) is 21.5. The van der Waals surface area contributed by atoms with Crippen LogP contribution in [0.3, 0.4) is 0 Å². The zero-order valence-corrected chi connectivity index (χ0v) is 22.3. The number of carbonyl (C=O) groups excluding carboxylic acids is 3. The molecule has 3 heterocycles. The zero-order chi connectivity index (χ0) is 26.1. The number of hydrogen-bond donors (Lipinski definition) is 1. The van der Waals surface area contributed by atoms with Crippen LogP contribution in [0.5, 0.6) is 0 Å². The summed E-state index contributed by atoms with van der Waals surface area (Å²) >= 11 is 1.62. The summed E-state index contributed by atoms with van der Waals surface area (Å²) in [6.45, 7) is 10.6. The Morgan fingerprint density at radius 3 is 2.64 bits per heavy atom. The molecular formula is C28H38N2O5S. The molecular weight excluding hydrogens is 476 g/mol. The number of benzene rings is 1. The number of aliphatic hydroxyl groups excluding tert-OH is 1. The van der Waals surface area contributed by atoms with E-state index in [-0.39, 0.29) is 31.0 Å². The quantitative estimate of drug-likeness (QED) is 0.359. The summed E-state index contributed by atoms with van der Waals surface area (Å²) < 4.78 is 4.25. The number of aliphatic hydroxyl groups is 1. The van der Waals surface area contributed by atoms with Gasteiger partial charge in [0.25, 0.3) is 0 Å². The van der Waals surface area contributed by atoms with Crippen LogP contribution in [0.25, 0.3) is 0 Å². The molecule has 6 atom stereocenters. The fraction of sp³-hybridized carbons (Fsp3) is 0.607. The van der Waals surface area contributed by atoms with Gasteiger partial charge in [-0.3, -0.25) is 14.4 Å². The van der Waals surface area contributed by atoms with Gasteiger partial charge in [-0.15, -0.1) is 18.3 Å². The summed E-state index contributed by atoms with van der Waals surface area (Å²) in [5.74, 6) is -2.02. The highest BCUT2D eigenvalue weighted by Crippen LogP contribution is 2.72. The number of hydrogen-bond acceptors (Lipinski definition) is 6. The SMILES string of the molecule is C=CCN(CCCC)C(=O)C1N([C@H](CO)c2ccccc2)C(=O)[C@@H]2[C@H](C(=O)OCC)[C@]3(C)CCC12S3. The minimum atomic E-state index is -0.782. The molecule has 1 aromatic carbocycles. The molecule has 0 saturated carbocycles. The normalized spacial score (nSPS) is 31.3. The molecule has 0 radical (unpaired) electrons. The maximum absolute atomic E-state index is 14.4. The molecule has 2 amide bonds. The van der Waals surface area contributed by atoms with E-state index >= 15 is 0 Å². The lowest BCUT2D eigenvalue weighted by atomic mass is 9.66. The smallest absolute Gasteiger partial charge is 0.311 e. The number of carbonyl (C=O) groups is 3. The second kappa shape index (κ2) is 10.6. The third-order valence-corrected chi connectivity index (χ3v) is 10.1. The average Bonchev–Trinajstić information content (AvgIpc) is 3.44. The van der Waals surface area contributed by atoms with E-state index in [0.717, 1.165) is 24.8 Å². The average molecular weight is 515 g/mol. The number of unbranched alkanes of at least 4 members (excludes halogenated alkanes) is 1. The standard InChI is InChI=1S/C28H38N2O5S/c1-5-8-17-29(16-6-2)25(33)23-28-15-14-27(4,36-28)22(26(34)35-7-3)21(28)24(32)30(23)20(18-31)19-12-10-9-11-13-19/h6,9-13,20-23,31H,2,5,7-8,14-18H2,1,3-4H3/t20-,21+,22-,23?,27+,28?/m1/s1. The van der Waals surface area contributed by atoms with Crippen molar-refractivity contribution in [2.75, 3.05) is 26.3 Å². The number of amides is 2. The van der Waals surface area contributed by atoms with Gasteiger partial charge in [-0.05, 0) is 38.7 Å². The van der Waals surface area contributed by atoms with E-state index < -0.39 is 33.4 Å². The maximum atomic E-state index is 14.4. The van der Waals surface area contributed by atoms with Gasteiger partial charge in [-0.2, -0.15) is 0 Å². The van der Waals surface area contributed by atoms with E-state index in [1.165, 1.54) is 0 Å². The molecule has 0 aliphatic carbocycles. The Morgan fingerprint density at radius 1 is 1.31 bits per heavy atom. The van der Waals surface area contributed by atoms with Crippen LogP contribution in [-0.2, 0) is 19.1 Å². The maximum Gasteiger partial charge on any atom is 0.311 e. The fourth-order valence-electron chi connectivity index (χ4n) is 6.57. The van der Waals surface area contributed by atoms with Crippen molar-refractivity contribution in [1.29, 1.82) is 0 Å². The molecule has 2 bridgehead atoms. The van der Waals surface area contributed by atoms with Crippen LogP contribution < -0.4 is 0 Å². The third kappa shape index (κ3) is 4.16. The molecule has 3 aliphatic heterocycles. The molecule has 7 nitrogen and oxygen atoms in total. The van der Waals surface area contributed by atoms with Crippen molar-refractivity contribution in [3.63, 3.8) is 0 Å². The molecule has 3 saturated heterocycles. The number of rotatable bonds is 11. The Morgan fingerprint density at radius 2 is 2.03 bits per heavy atom. The first-order chi connectivity index (χ1) is 17.3. The number of fused-ring (bicyclic) bond motifs is 1. The highest BCUT2D eigenvalue weighted by atomic mass is 32.2. The van der Waals surface area contributed by atoms with Crippen LogP contribution in [0.1, 0.15) is 58.1 Å². The van der Waals surface area contributed by atoms with Gasteiger partial charge in [0.05, 0.1) is 35.8 Å². The number of nitrogens with zero attached hydrogens (tertiary/aromatic N) is 2. The van der Waals surface area contributed by atoms with E-state index in [1.807, 2.05) is 37.3 Å². The summed E-state index contributed by atoms with van der Waals surface area (Å²) in [6.07, 6.45) is 4.88. The van der Waals surface area contributed by atoms with Gasteiger partial charge >= 0.3 is 5.97 Å². The van der Waals surface area contributed by atoms with Crippen LogP contribution >= 0.6 is 11.8 Å². The molecule has 196 valence electrons. The molecule has 3 fully saturated rings. The summed E-state index contributed by atoms with van der Waals surface area (Å²) in [6, 6.07) is 7.88. The van der Waals surface area contributed by atoms with Crippen molar-refractivity contribution in [3.05, 3.63) is 48.6 Å². The molecule has 0 aromatic heterocycles. The molecule has 36 heavy (non-hydrogen) atoms. The highest BCUT2D eigenvalue weighted by Gasteiger charge is 2.78. The largest absolute Gasteiger partial charge is 0.466 e. The Labute approximate surface area is 218 Å². The fourth-order valence-corrected chi connectivity index (χ4v) is 8.89. The van der Waals surface area contributed by atoms with Crippen LogP contribution in [0.4, 0.5) is 0 Å². The summed E-state index contributed by atoms with van der Waals surface area (Å²) in [4.78, 5) is 45.3. The summed E-state index contributed by atoms with van der Waals surface area (Å²) in [5, 5.41) is 10.5. The van der Waals surface area contributed by atoms with E-state index in [4.69, 9.17) is 4.74 Å². The number of likely N-dealkylation sites (tertiary alicyclic amines) is 1. The van der Waals surface area contributed by atoms with Crippen LogP contribution in [0.2, 0.25) is 0 Å². The predicted molar refractivity (Wildman–Crippen MR) is 140 cm³/mol. The summed E-state index contributed by atoms with van der Waals surface area (Å²) in [5.41, 5.74) is 0.768.